The number of hydrogen-bond donors (Lipinski definition) is 2. The van der Waals surface area contributed by atoms with Gasteiger partial charge in [-0.25, -0.2) is 0 Å². The quantitative estimate of drug-likeness (QED) is 0.666. The van der Waals surface area contributed by atoms with Crippen LogP contribution in [0.1, 0.15) is 44.5 Å². The second-order valence-corrected chi connectivity index (χ2v) is 6.97. The number of benzene rings is 1. The molecule has 1 aliphatic rings. The van der Waals surface area contributed by atoms with Gasteiger partial charge in [0, 0.05) is 9.75 Å². The molecule has 3 N–H and O–H groups in total. The summed E-state index contributed by atoms with van der Waals surface area (Å²) in [5.41, 5.74) is 8.61. The molecule has 0 amide bonds. The molecule has 1 heterocycles. The normalized spacial score (nSPS) is 15.3. The molecule has 0 spiro atoms. The number of aryl methyl sites for hydroxylation is 4. The molecule has 1 aromatic carbocycles. The molecule has 0 aliphatic heterocycles. The van der Waals surface area contributed by atoms with Crippen LogP contribution in [0.2, 0.25) is 0 Å². The Labute approximate surface area is 125 Å². The third-order valence-corrected chi connectivity index (χ3v) is 5.59. The smallest absolute Gasteiger partial charge is 0.0593 e. The summed E-state index contributed by atoms with van der Waals surface area (Å²) in [5.74, 6) is 5.82. The van der Waals surface area contributed by atoms with E-state index in [4.69, 9.17) is 5.84 Å². The van der Waals surface area contributed by atoms with Crippen LogP contribution in [0.4, 0.5) is 0 Å². The van der Waals surface area contributed by atoms with Gasteiger partial charge < -0.3 is 0 Å². The summed E-state index contributed by atoms with van der Waals surface area (Å²) in [5, 5.41) is 0. The Morgan fingerprint density at radius 1 is 1.25 bits per heavy atom. The van der Waals surface area contributed by atoms with Crippen molar-refractivity contribution in [2.24, 2.45) is 5.84 Å². The highest BCUT2D eigenvalue weighted by Gasteiger charge is 2.20. The maximum atomic E-state index is 5.82. The van der Waals surface area contributed by atoms with Crippen molar-refractivity contribution in [3.8, 4) is 0 Å². The largest absolute Gasteiger partial charge is 0.271 e. The lowest BCUT2D eigenvalue weighted by Gasteiger charge is -2.16. The van der Waals surface area contributed by atoms with E-state index < -0.39 is 0 Å². The van der Waals surface area contributed by atoms with Crippen LogP contribution in [0.3, 0.4) is 0 Å². The molecule has 0 bridgehead atoms. The monoisotopic (exact) mass is 286 g/mol. The van der Waals surface area contributed by atoms with Gasteiger partial charge >= 0.3 is 0 Å². The molecule has 3 rings (SSSR count). The number of fused-ring (bicyclic) bond motifs is 1. The highest BCUT2D eigenvalue weighted by molar-refractivity contribution is 7.12. The Bertz CT molecular complexity index is 594. The van der Waals surface area contributed by atoms with Crippen LogP contribution in [-0.2, 0) is 19.3 Å². The summed E-state index contributed by atoms with van der Waals surface area (Å²) in [6, 6.07) is 9.24. The molecular weight excluding hydrogens is 264 g/mol. The minimum atomic E-state index is 0.228. The fourth-order valence-electron chi connectivity index (χ4n) is 3.01. The van der Waals surface area contributed by atoms with Crippen molar-refractivity contribution in [1.29, 1.82) is 0 Å². The lowest BCUT2D eigenvalue weighted by molar-refractivity contribution is 0.559. The molecule has 2 nitrogen and oxygen atoms in total. The van der Waals surface area contributed by atoms with Crippen LogP contribution >= 0.6 is 11.3 Å². The lowest BCUT2D eigenvalue weighted by atomic mass is 9.98. The first-order valence-electron chi connectivity index (χ1n) is 7.31. The highest BCUT2D eigenvalue weighted by atomic mass is 32.1. The van der Waals surface area contributed by atoms with Gasteiger partial charge in [-0.2, -0.15) is 0 Å². The molecule has 1 aliphatic carbocycles. The van der Waals surface area contributed by atoms with Crippen molar-refractivity contribution in [3.63, 3.8) is 0 Å². The van der Waals surface area contributed by atoms with Gasteiger partial charge in [-0.15, -0.1) is 11.3 Å². The summed E-state index contributed by atoms with van der Waals surface area (Å²) >= 11 is 1.94. The molecule has 0 saturated carbocycles. The summed E-state index contributed by atoms with van der Waals surface area (Å²) in [7, 11) is 0. The van der Waals surface area contributed by atoms with Gasteiger partial charge in [0.25, 0.3) is 0 Å². The first-order chi connectivity index (χ1) is 9.67. The number of thiophene rings is 1. The maximum absolute atomic E-state index is 5.82. The molecule has 0 radical (unpaired) electrons. The third-order valence-electron chi connectivity index (χ3n) is 4.24. The van der Waals surface area contributed by atoms with Crippen molar-refractivity contribution in [2.75, 3.05) is 0 Å². The molecular formula is C17H22N2S. The van der Waals surface area contributed by atoms with Crippen molar-refractivity contribution in [1.82, 2.24) is 5.43 Å². The van der Waals surface area contributed by atoms with Gasteiger partial charge in [0.1, 0.15) is 0 Å². The number of rotatable bonds is 4. The lowest BCUT2D eigenvalue weighted by Crippen LogP contribution is -2.29. The van der Waals surface area contributed by atoms with E-state index in [0.29, 0.717) is 0 Å². The van der Waals surface area contributed by atoms with E-state index in [9.17, 15) is 0 Å². The van der Waals surface area contributed by atoms with Gasteiger partial charge in [0.2, 0.25) is 0 Å². The summed E-state index contributed by atoms with van der Waals surface area (Å²) in [6.07, 6.45) is 4.77. The van der Waals surface area contributed by atoms with E-state index in [0.717, 1.165) is 6.42 Å². The van der Waals surface area contributed by atoms with E-state index in [1.165, 1.54) is 40.8 Å². The number of hydrogen-bond acceptors (Lipinski definition) is 3. The Morgan fingerprint density at radius 2 is 2.10 bits per heavy atom. The van der Waals surface area contributed by atoms with Gasteiger partial charge in [-0.1, -0.05) is 23.8 Å². The van der Waals surface area contributed by atoms with Crippen LogP contribution in [0.25, 0.3) is 0 Å². The summed E-state index contributed by atoms with van der Waals surface area (Å²) in [4.78, 5) is 2.96. The molecule has 0 saturated heterocycles. The maximum Gasteiger partial charge on any atom is 0.0593 e. The van der Waals surface area contributed by atoms with Gasteiger partial charge in [0.15, 0.2) is 0 Å². The molecule has 106 valence electrons. The first-order valence-corrected chi connectivity index (χ1v) is 8.13. The molecule has 3 heteroatoms. The molecule has 1 atom stereocenters. The highest BCUT2D eigenvalue weighted by Crippen LogP contribution is 2.34. The van der Waals surface area contributed by atoms with Crippen molar-refractivity contribution < 1.29 is 0 Å². The van der Waals surface area contributed by atoms with Crippen LogP contribution < -0.4 is 11.3 Å². The number of nitrogens with two attached hydrogens (primary N) is 1. The Morgan fingerprint density at radius 3 is 2.85 bits per heavy atom. The second kappa shape index (κ2) is 5.68. The SMILES string of the molecule is Cc1ccc(C)c(CC(NN)c2cc3c(s2)CCC3)c1. The average Bonchev–Trinajstić information content (AvgIpc) is 3.00. The molecule has 1 unspecified atom stereocenters. The molecule has 1 aromatic heterocycles. The van der Waals surface area contributed by atoms with E-state index in [1.54, 1.807) is 10.4 Å². The molecule has 2 aromatic rings. The summed E-state index contributed by atoms with van der Waals surface area (Å²) < 4.78 is 0. The Kier molecular flexibility index (Phi) is 3.92. The average molecular weight is 286 g/mol. The zero-order valence-electron chi connectivity index (χ0n) is 12.2. The number of hydrazine groups is 1. The predicted molar refractivity (Wildman–Crippen MR) is 86.0 cm³/mol. The minimum Gasteiger partial charge on any atom is -0.271 e. The van der Waals surface area contributed by atoms with Crippen molar-refractivity contribution in [3.05, 3.63) is 56.3 Å². The molecule has 0 fully saturated rings. The van der Waals surface area contributed by atoms with Crippen LogP contribution in [-0.4, -0.2) is 0 Å². The Hall–Kier alpha value is -1.16. The first kappa shape index (κ1) is 13.8. The third kappa shape index (κ3) is 2.66. The van der Waals surface area contributed by atoms with Crippen LogP contribution in [0, 0.1) is 13.8 Å². The zero-order chi connectivity index (χ0) is 14.1. The van der Waals surface area contributed by atoms with E-state index in [2.05, 4.69) is 43.5 Å². The van der Waals surface area contributed by atoms with Gasteiger partial charge in [0.05, 0.1) is 6.04 Å². The Balaban J connectivity index is 1.84. The molecule has 20 heavy (non-hydrogen) atoms. The number of nitrogens with one attached hydrogen (secondary N) is 1. The van der Waals surface area contributed by atoms with E-state index >= 15 is 0 Å². The van der Waals surface area contributed by atoms with Crippen molar-refractivity contribution >= 4 is 11.3 Å². The zero-order valence-corrected chi connectivity index (χ0v) is 13.0. The fourth-order valence-corrected chi connectivity index (χ4v) is 4.32. The van der Waals surface area contributed by atoms with Gasteiger partial charge in [-0.3, -0.25) is 11.3 Å². The fraction of sp³-hybridized carbons (Fsp3) is 0.412. The standard InChI is InChI=1S/C17H22N2S/c1-11-6-7-12(2)14(8-11)9-15(19-18)17-10-13-4-3-5-16(13)20-17/h6-8,10,15,19H,3-5,9,18H2,1-2H3. The van der Waals surface area contributed by atoms with Crippen LogP contribution in [0.15, 0.2) is 24.3 Å². The predicted octanol–water partition coefficient (Wildman–Crippen LogP) is 3.60. The minimum absolute atomic E-state index is 0.228. The second-order valence-electron chi connectivity index (χ2n) is 5.80. The van der Waals surface area contributed by atoms with E-state index in [-0.39, 0.29) is 6.04 Å². The van der Waals surface area contributed by atoms with Crippen molar-refractivity contribution in [2.45, 2.75) is 45.6 Å². The van der Waals surface area contributed by atoms with E-state index in [1.807, 2.05) is 11.3 Å². The van der Waals surface area contributed by atoms with Crippen LogP contribution in [0.5, 0.6) is 0 Å². The van der Waals surface area contributed by atoms with Gasteiger partial charge in [-0.05, 0) is 62.3 Å². The summed E-state index contributed by atoms with van der Waals surface area (Å²) in [6.45, 7) is 4.32. The topological polar surface area (TPSA) is 38.0 Å².